The Balaban J connectivity index is 0.000000291. The number of hydrogen-bond donors (Lipinski definition) is 2. The maximum absolute atomic E-state index is 12.9. The van der Waals surface area contributed by atoms with Crippen molar-refractivity contribution >= 4 is 37.3 Å². The second kappa shape index (κ2) is 12.0. The van der Waals surface area contributed by atoms with Crippen LogP contribution in [0, 0.1) is 50.8 Å². The first-order valence-electron chi connectivity index (χ1n) is 10.4. The van der Waals surface area contributed by atoms with Crippen LogP contribution in [-0.4, -0.2) is 35.9 Å². The van der Waals surface area contributed by atoms with Crippen molar-refractivity contribution in [3.63, 3.8) is 0 Å². The number of nitrogens with one attached hydrogen (secondary N) is 2. The van der Waals surface area contributed by atoms with Crippen molar-refractivity contribution in [2.24, 2.45) is 0 Å². The standard InChI is InChI=1S/C17H22N2O2S.C7H5FN2.U/c1-5-12-10-16-14(15(18-4)8-9-19-16)11-17(12)22(20,21)13(6-2)7-3;8-6-1-2-7-5(3-6)4-9-10-7;/h8-11,13H,2-3,5-7H2,1,4H3,(H,18,19);1-4H,(H,9,10);/q-2;;+2. The Labute approximate surface area is 218 Å². The molecule has 0 radical (unpaired) electrons. The number of aromatic amines is 1. The van der Waals surface area contributed by atoms with Gasteiger partial charge in [-0.05, 0) is 48.4 Å². The van der Waals surface area contributed by atoms with Crippen molar-refractivity contribution in [1.29, 1.82) is 0 Å². The number of nitrogens with zero attached hydrogens (tertiary/aromatic N) is 2. The molecule has 0 aliphatic rings. The number of hydrogen-bond acceptors (Lipinski definition) is 5. The zero-order valence-corrected chi connectivity index (χ0v) is 23.7. The largest absolute Gasteiger partial charge is 2.00 e. The number of pyridine rings is 1. The molecule has 33 heavy (non-hydrogen) atoms. The van der Waals surface area contributed by atoms with Crippen molar-refractivity contribution in [2.45, 2.75) is 36.3 Å². The van der Waals surface area contributed by atoms with Gasteiger partial charge in [0.1, 0.15) is 5.82 Å². The SMILES string of the molecule is Fc1ccc2[nH]ncc2c1.[CH2-]CC(C[CH2-])S(=O)(=O)c1cc2c(NC)ccnc2cc1CC.[U+2]. The summed E-state index contributed by atoms with van der Waals surface area (Å²) in [6, 6.07) is 9.95. The zero-order chi connectivity index (χ0) is 23.3. The third-order valence-electron chi connectivity index (χ3n) is 5.37. The first-order valence-corrected chi connectivity index (χ1v) is 11.9. The Kier molecular flexibility index (Phi) is 9.89. The van der Waals surface area contributed by atoms with Crippen LogP contribution >= 0.6 is 0 Å². The molecule has 4 rings (SSSR count). The van der Waals surface area contributed by atoms with E-state index in [0.717, 1.165) is 33.1 Å². The summed E-state index contributed by atoms with van der Waals surface area (Å²) in [5, 5.41) is 10.6. The average molecular weight is 693 g/mol. The molecule has 0 fully saturated rings. The molecule has 9 heteroatoms. The molecule has 0 saturated heterocycles. The second-order valence-corrected chi connectivity index (χ2v) is 9.48. The van der Waals surface area contributed by atoms with E-state index in [9.17, 15) is 12.8 Å². The first kappa shape index (κ1) is 27.3. The molecule has 0 amide bonds. The summed E-state index contributed by atoms with van der Waals surface area (Å²) in [6.07, 6.45) is 4.59. The summed E-state index contributed by atoms with van der Waals surface area (Å²) in [4.78, 5) is 4.73. The summed E-state index contributed by atoms with van der Waals surface area (Å²) in [5.41, 5.74) is 3.31. The van der Waals surface area contributed by atoms with E-state index in [1.54, 1.807) is 24.5 Å². The normalized spacial score (nSPS) is 11.2. The van der Waals surface area contributed by atoms with E-state index in [2.05, 4.69) is 34.3 Å². The van der Waals surface area contributed by atoms with E-state index in [0.29, 0.717) is 24.2 Å². The Morgan fingerprint density at radius 2 is 1.88 bits per heavy atom. The van der Waals surface area contributed by atoms with Gasteiger partial charge in [-0.3, -0.25) is 10.1 Å². The molecule has 0 spiro atoms. The van der Waals surface area contributed by atoms with Gasteiger partial charge in [0, 0.05) is 35.0 Å². The van der Waals surface area contributed by atoms with Gasteiger partial charge in [-0.25, -0.2) is 12.8 Å². The Hall–Kier alpha value is -1.95. The van der Waals surface area contributed by atoms with E-state index in [1.165, 1.54) is 12.1 Å². The monoisotopic (exact) mass is 692 g/mol. The number of rotatable bonds is 6. The third kappa shape index (κ3) is 5.95. The minimum Gasteiger partial charge on any atom is -0.388 e. The van der Waals surface area contributed by atoms with Crippen molar-refractivity contribution in [3.8, 4) is 0 Å². The number of sulfone groups is 1. The molecular weight excluding hydrogens is 665 g/mol. The van der Waals surface area contributed by atoms with Crippen LogP contribution in [0.25, 0.3) is 21.8 Å². The molecule has 0 unspecified atom stereocenters. The maximum Gasteiger partial charge on any atom is 2.00 e. The first-order chi connectivity index (χ1) is 15.3. The van der Waals surface area contributed by atoms with Gasteiger partial charge in [-0.15, -0.1) is 0 Å². The summed E-state index contributed by atoms with van der Waals surface area (Å²) in [7, 11) is -1.63. The van der Waals surface area contributed by atoms with Gasteiger partial charge in [-0.1, -0.05) is 6.92 Å². The molecule has 0 atom stereocenters. The van der Waals surface area contributed by atoms with Gasteiger partial charge in [0.15, 0.2) is 9.84 Å². The summed E-state index contributed by atoms with van der Waals surface area (Å²) >= 11 is 0. The fraction of sp³-hybridized carbons (Fsp3) is 0.250. The zero-order valence-electron chi connectivity index (χ0n) is 18.7. The number of anilines is 1. The molecule has 0 bridgehead atoms. The predicted octanol–water partition coefficient (Wildman–Crippen LogP) is 5.13. The van der Waals surface area contributed by atoms with Crippen LogP contribution in [0.1, 0.15) is 25.3 Å². The molecule has 2 heterocycles. The molecule has 4 aromatic rings. The Morgan fingerprint density at radius 1 is 1.15 bits per heavy atom. The smallest absolute Gasteiger partial charge is 0.388 e. The molecule has 0 saturated carbocycles. The third-order valence-corrected chi connectivity index (χ3v) is 7.71. The molecule has 0 aliphatic heterocycles. The minimum absolute atomic E-state index is 0. The molecule has 2 aromatic heterocycles. The van der Waals surface area contributed by atoms with Crippen LogP contribution < -0.4 is 5.32 Å². The number of fused-ring (bicyclic) bond motifs is 2. The fourth-order valence-corrected chi connectivity index (χ4v) is 5.35. The topological polar surface area (TPSA) is 87.7 Å². The summed E-state index contributed by atoms with van der Waals surface area (Å²) < 4.78 is 38.3. The number of halogens is 1. The van der Waals surface area contributed by atoms with Crippen LogP contribution in [0.2, 0.25) is 0 Å². The average Bonchev–Trinajstić information content (AvgIpc) is 3.26. The van der Waals surface area contributed by atoms with E-state index >= 15 is 0 Å². The quantitative estimate of drug-likeness (QED) is 0.274. The van der Waals surface area contributed by atoms with Crippen LogP contribution in [0.4, 0.5) is 10.1 Å². The van der Waals surface area contributed by atoms with Gasteiger partial charge in [0.25, 0.3) is 0 Å². The molecule has 0 aliphatic carbocycles. The minimum atomic E-state index is -3.44. The van der Waals surface area contributed by atoms with Gasteiger partial charge >= 0.3 is 31.1 Å². The fourth-order valence-electron chi connectivity index (χ4n) is 3.52. The van der Waals surface area contributed by atoms with Crippen LogP contribution in [0.15, 0.2) is 53.7 Å². The Bertz CT molecular complexity index is 1320. The molecule has 172 valence electrons. The number of aromatic nitrogens is 3. The summed E-state index contributed by atoms with van der Waals surface area (Å²) in [6.45, 7) is 9.46. The van der Waals surface area contributed by atoms with Gasteiger partial charge < -0.3 is 19.2 Å². The van der Waals surface area contributed by atoms with E-state index in [-0.39, 0.29) is 36.9 Å². The second-order valence-electron chi connectivity index (χ2n) is 7.29. The molecular formula is C24H27FN4O2SU. The molecule has 2 aromatic carbocycles. The molecule has 6 nitrogen and oxygen atoms in total. The van der Waals surface area contributed by atoms with Crippen molar-refractivity contribution < 1.29 is 43.9 Å². The molecule has 2 N–H and O–H groups in total. The van der Waals surface area contributed by atoms with Crippen molar-refractivity contribution in [3.05, 3.63) is 74.0 Å². The predicted molar refractivity (Wildman–Crippen MR) is 128 cm³/mol. The number of H-pyrrole nitrogens is 1. The summed E-state index contributed by atoms with van der Waals surface area (Å²) in [5.74, 6) is -0.228. The van der Waals surface area contributed by atoms with Crippen LogP contribution in [0.3, 0.4) is 0 Å². The van der Waals surface area contributed by atoms with Crippen LogP contribution in [0.5, 0.6) is 0 Å². The van der Waals surface area contributed by atoms with Gasteiger partial charge in [0.2, 0.25) is 0 Å². The van der Waals surface area contributed by atoms with E-state index < -0.39 is 15.1 Å². The maximum atomic E-state index is 12.9. The van der Waals surface area contributed by atoms with Gasteiger partial charge in [-0.2, -0.15) is 17.9 Å². The van der Waals surface area contributed by atoms with Crippen molar-refractivity contribution in [2.75, 3.05) is 12.4 Å². The number of benzene rings is 2. The van der Waals surface area contributed by atoms with E-state index in [1.807, 2.05) is 26.1 Å². The Morgan fingerprint density at radius 3 is 2.52 bits per heavy atom. The van der Waals surface area contributed by atoms with Crippen molar-refractivity contribution in [1.82, 2.24) is 15.2 Å². The number of aryl methyl sites for hydroxylation is 1. The van der Waals surface area contributed by atoms with E-state index in [4.69, 9.17) is 0 Å². The van der Waals surface area contributed by atoms with Crippen LogP contribution in [-0.2, 0) is 16.3 Å². The van der Waals surface area contributed by atoms with Gasteiger partial charge in [0.05, 0.1) is 22.1 Å².